The van der Waals surface area contributed by atoms with Gasteiger partial charge in [-0.15, -0.1) is 0 Å². The molecule has 1 N–H and O–H groups in total. The number of carbonyl (C=O) groups excluding carboxylic acids is 1. The Morgan fingerprint density at radius 1 is 0.917 bits per heavy atom. The maximum atomic E-state index is 14.8. The molecular formula is C29H24F2N4O. The van der Waals surface area contributed by atoms with Crippen LogP contribution in [0.1, 0.15) is 40.3 Å². The van der Waals surface area contributed by atoms with Gasteiger partial charge in [-0.3, -0.25) is 4.79 Å². The lowest BCUT2D eigenvalue weighted by Gasteiger charge is -2.10. The number of ketones is 1. The lowest BCUT2D eigenvalue weighted by atomic mass is 9.95. The van der Waals surface area contributed by atoms with E-state index in [4.69, 9.17) is 5.10 Å². The Kier molecular flexibility index (Phi) is 5.60. The molecule has 3 aromatic carbocycles. The van der Waals surface area contributed by atoms with Crippen LogP contribution >= 0.6 is 0 Å². The first-order valence-corrected chi connectivity index (χ1v) is 12.1. The Balaban J connectivity index is 1.54. The lowest BCUT2D eigenvalue weighted by Crippen LogP contribution is -2.11. The Hall–Kier alpha value is -4.26. The van der Waals surface area contributed by atoms with Crippen molar-refractivity contribution in [2.24, 2.45) is 0 Å². The highest BCUT2D eigenvalue weighted by atomic mass is 19.1. The predicted octanol–water partition coefficient (Wildman–Crippen LogP) is 6.26. The van der Waals surface area contributed by atoms with Crippen LogP contribution in [0.3, 0.4) is 0 Å². The van der Waals surface area contributed by atoms with Gasteiger partial charge in [0.1, 0.15) is 23.0 Å². The van der Waals surface area contributed by atoms with Crippen LogP contribution in [-0.4, -0.2) is 20.0 Å². The quantitative estimate of drug-likeness (QED) is 0.291. The normalized spacial score (nSPS) is 13.1. The summed E-state index contributed by atoms with van der Waals surface area (Å²) in [6.45, 7) is 1.17. The lowest BCUT2D eigenvalue weighted by molar-refractivity contribution is 0.102. The van der Waals surface area contributed by atoms with Gasteiger partial charge in [-0.05, 0) is 61.2 Å². The van der Waals surface area contributed by atoms with Gasteiger partial charge in [-0.2, -0.15) is 5.10 Å². The number of nitrogens with zero attached hydrogens (tertiary/aromatic N) is 3. The Morgan fingerprint density at radius 2 is 1.67 bits per heavy atom. The smallest absolute Gasteiger partial charge is 0.215 e. The van der Waals surface area contributed by atoms with E-state index in [9.17, 15) is 13.6 Å². The van der Waals surface area contributed by atoms with E-state index in [2.05, 4.69) is 9.88 Å². The van der Waals surface area contributed by atoms with Gasteiger partial charge >= 0.3 is 0 Å². The van der Waals surface area contributed by atoms with Gasteiger partial charge in [0, 0.05) is 23.4 Å². The first-order chi connectivity index (χ1) is 17.6. The minimum Gasteiger partial charge on any atom is -0.378 e. The molecule has 0 saturated heterocycles. The van der Waals surface area contributed by atoms with Crippen LogP contribution in [0.5, 0.6) is 0 Å². The Labute approximate surface area is 207 Å². The molecule has 0 fully saturated rings. The number of nitrogens with one attached hydrogen (secondary N) is 1. The standard InChI is InChI=1S/C29H24F2N4O/c30-20-13-15-21(16-14-20)32-18-25-33-35-27(28(36)22-10-4-5-12-24(22)31)26(19-8-2-1-3-9-19)23-11-6-7-17-34(25)29(23)35/h1-5,8-10,12-16,32H,6-7,11,17-18H2. The van der Waals surface area contributed by atoms with Gasteiger partial charge in [0.15, 0.2) is 5.82 Å². The van der Waals surface area contributed by atoms with E-state index in [-0.39, 0.29) is 11.4 Å². The monoisotopic (exact) mass is 482 g/mol. The second-order valence-electron chi connectivity index (χ2n) is 9.00. The van der Waals surface area contributed by atoms with Crippen molar-refractivity contribution in [3.05, 3.63) is 113 Å². The van der Waals surface area contributed by atoms with Crippen LogP contribution < -0.4 is 5.32 Å². The summed E-state index contributed by atoms with van der Waals surface area (Å²) in [4.78, 5) is 13.9. The van der Waals surface area contributed by atoms with Crippen molar-refractivity contribution in [3.8, 4) is 11.1 Å². The second-order valence-corrected chi connectivity index (χ2v) is 9.00. The highest BCUT2D eigenvalue weighted by Crippen LogP contribution is 2.38. The number of carbonyl (C=O) groups is 1. The van der Waals surface area contributed by atoms with Crippen molar-refractivity contribution in [3.63, 3.8) is 0 Å². The molecule has 6 rings (SSSR count). The van der Waals surface area contributed by atoms with Crippen LogP contribution in [0.2, 0.25) is 0 Å². The fraction of sp³-hybridized carbons (Fsp3) is 0.172. The molecule has 36 heavy (non-hydrogen) atoms. The summed E-state index contributed by atoms with van der Waals surface area (Å²) in [6, 6.07) is 22.0. The van der Waals surface area contributed by atoms with E-state index in [1.54, 1.807) is 28.8 Å². The number of aryl methyl sites for hydroxylation is 2. The number of hydrogen-bond donors (Lipinski definition) is 1. The highest BCUT2D eigenvalue weighted by Gasteiger charge is 2.31. The van der Waals surface area contributed by atoms with Crippen molar-refractivity contribution in [1.29, 1.82) is 0 Å². The molecule has 0 unspecified atom stereocenters. The van der Waals surface area contributed by atoms with E-state index < -0.39 is 11.6 Å². The molecule has 5 aromatic rings. The molecule has 0 aliphatic carbocycles. The molecule has 7 heteroatoms. The molecule has 0 amide bonds. The summed E-state index contributed by atoms with van der Waals surface area (Å²) in [5.74, 6) is -0.476. The van der Waals surface area contributed by atoms with Gasteiger partial charge in [-0.25, -0.2) is 13.3 Å². The van der Waals surface area contributed by atoms with Gasteiger partial charge < -0.3 is 9.88 Å². The Bertz CT molecular complexity index is 1570. The third kappa shape index (κ3) is 3.77. The van der Waals surface area contributed by atoms with Crippen molar-refractivity contribution in [2.45, 2.75) is 32.4 Å². The number of anilines is 1. The number of rotatable bonds is 6. The minimum atomic E-state index is -0.553. The number of aromatic nitrogens is 3. The van der Waals surface area contributed by atoms with E-state index >= 15 is 0 Å². The zero-order chi connectivity index (χ0) is 24.6. The average molecular weight is 483 g/mol. The molecule has 1 aliphatic heterocycles. The molecule has 0 radical (unpaired) electrons. The van der Waals surface area contributed by atoms with E-state index in [0.29, 0.717) is 12.2 Å². The molecular weight excluding hydrogens is 458 g/mol. The van der Waals surface area contributed by atoms with Crippen LogP contribution in [0, 0.1) is 11.6 Å². The molecule has 0 atom stereocenters. The van der Waals surface area contributed by atoms with Crippen LogP contribution in [-0.2, 0) is 19.5 Å². The maximum absolute atomic E-state index is 14.8. The summed E-state index contributed by atoms with van der Waals surface area (Å²) >= 11 is 0. The molecule has 180 valence electrons. The van der Waals surface area contributed by atoms with Crippen molar-refractivity contribution in [1.82, 2.24) is 14.2 Å². The largest absolute Gasteiger partial charge is 0.378 e. The highest BCUT2D eigenvalue weighted by molar-refractivity contribution is 6.13. The van der Waals surface area contributed by atoms with Gasteiger partial charge in [0.2, 0.25) is 5.78 Å². The molecule has 0 spiro atoms. The summed E-state index contributed by atoms with van der Waals surface area (Å²) in [5.41, 5.74) is 4.84. The number of hydrogen-bond acceptors (Lipinski definition) is 3. The van der Waals surface area contributed by atoms with Gasteiger partial charge in [0.25, 0.3) is 0 Å². The molecule has 2 aromatic heterocycles. The summed E-state index contributed by atoms with van der Waals surface area (Å²) in [7, 11) is 0. The third-order valence-electron chi connectivity index (χ3n) is 6.75. The van der Waals surface area contributed by atoms with Gasteiger partial charge in [-0.1, -0.05) is 42.5 Å². The maximum Gasteiger partial charge on any atom is 0.215 e. The average Bonchev–Trinajstić information content (AvgIpc) is 3.30. The third-order valence-corrected chi connectivity index (χ3v) is 6.75. The fourth-order valence-corrected chi connectivity index (χ4v) is 5.08. The zero-order valence-corrected chi connectivity index (χ0v) is 19.5. The molecule has 3 heterocycles. The van der Waals surface area contributed by atoms with E-state index in [1.807, 2.05) is 30.3 Å². The second kappa shape index (κ2) is 9.07. The van der Waals surface area contributed by atoms with Crippen LogP contribution in [0.15, 0.2) is 78.9 Å². The van der Waals surface area contributed by atoms with Crippen molar-refractivity contribution in [2.75, 3.05) is 5.32 Å². The zero-order valence-electron chi connectivity index (χ0n) is 19.5. The molecule has 0 bridgehead atoms. The topological polar surface area (TPSA) is 51.3 Å². The van der Waals surface area contributed by atoms with E-state index in [0.717, 1.165) is 59.7 Å². The number of benzene rings is 3. The molecule has 0 saturated carbocycles. The predicted molar refractivity (Wildman–Crippen MR) is 135 cm³/mol. The summed E-state index contributed by atoms with van der Waals surface area (Å²) in [5, 5.41) is 8.19. The SMILES string of the molecule is O=C(c1ccccc1F)c1c(-c2ccccc2)c2c3n(c(CNc4ccc(F)cc4)nn13)CCCC2. The van der Waals surface area contributed by atoms with Gasteiger partial charge in [0.05, 0.1) is 12.1 Å². The summed E-state index contributed by atoms with van der Waals surface area (Å²) in [6.07, 6.45) is 2.75. The molecule has 5 nitrogen and oxygen atoms in total. The van der Waals surface area contributed by atoms with Crippen molar-refractivity contribution >= 4 is 17.1 Å². The minimum absolute atomic E-state index is 0.0261. The fourth-order valence-electron chi connectivity index (χ4n) is 5.08. The summed E-state index contributed by atoms with van der Waals surface area (Å²) < 4.78 is 31.9. The first kappa shape index (κ1) is 22.2. The first-order valence-electron chi connectivity index (χ1n) is 12.1. The molecule has 1 aliphatic rings. The number of halogens is 2. The van der Waals surface area contributed by atoms with E-state index in [1.165, 1.54) is 24.3 Å². The van der Waals surface area contributed by atoms with Crippen molar-refractivity contribution < 1.29 is 13.6 Å². The Morgan fingerprint density at radius 3 is 2.44 bits per heavy atom. The van der Waals surface area contributed by atoms with Crippen LogP contribution in [0.25, 0.3) is 16.8 Å². The van der Waals surface area contributed by atoms with Crippen LogP contribution in [0.4, 0.5) is 14.5 Å².